The zero-order valence-corrected chi connectivity index (χ0v) is 21.0. The minimum atomic E-state index is -1.90. The number of nitro groups is 1. The van der Waals surface area contributed by atoms with E-state index < -0.39 is 44.7 Å². The molecule has 1 aliphatic rings. The van der Waals surface area contributed by atoms with Gasteiger partial charge in [0.2, 0.25) is 9.04 Å². The fraction of sp³-hybridized carbons (Fsp3) is 0.391. The maximum absolute atomic E-state index is 15.0. The highest BCUT2D eigenvalue weighted by Crippen LogP contribution is 2.41. The van der Waals surface area contributed by atoms with Crippen molar-refractivity contribution >= 4 is 26.7 Å². The fourth-order valence-corrected chi connectivity index (χ4v) is 4.67. The standard InChI is InChI=1S/C23H27FN2O7Si/c1-13-15(8-10-18(33-34(5)6)21(13)23(2,3)4)16-11-14(7-9-17(16)24)25(26(29)30)22-31-19(27)12-20(28)32-22/h7-11,22,34H,12H2,1-6H3. The molecule has 0 bridgehead atoms. The fourth-order valence-electron chi connectivity index (χ4n) is 3.97. The molecule has 1 aliphatic heterocycles. The van der Waals surface area contributed by atoms with Gasteiger partial charge < -0.3 is 13.9 Å². The number of benzene rings is 2. The van der Waals surface area contributed by atoms with Crippen molar-refractivity contribution in [2.24, 2.45) is 0 Å². The zero-order valence-electron chi connectivity index (χ0n) is 19.9. The molecule has 0 amide bonds. The van der Waals surface area contributed by atoms with Crippen molar-refractivity contribution in [3.05, 3.63) is 57.4 Å². The van der Waals surface area contributed by atoms with Gasteiger partial charge in [-0.05, 0) is 65.8 Å². The number of hydrogen-bond donors (Lipinski definition) is 0. The largest absolute Gasteiger partial charge is 0.547 e. The van der Waals surface area contributed by atoms with Crippen LogP contribution in [0.5, 0.6) is 5.75 Å². The number of hydrogen-bond acceptors (Lipinski definition) is 7. The van der Waals surface area contributed by atoms with Crippen LogP contribution < -0.4 is 9.43 Å². The molecule has 0 atom stereocenters. The molecule has 2 aromatic carbocycles. The second-order valence-corrected chi connectivity index (χ2v) is 11.6. The summed E-state index contributed by atoms with van der Waals surface area (Å²) in [6.45, 7) is 12.0. The lowest BCUT2D eigenvalue weighted by atomic mass is 9.80. The number of nitrogens with zero attached hydrogens (tertiary/aromatic N) is 2. The Morgan fingerprint density at radius 2 is 1.74 bits per heavy atom. The molecule has 2 aromatic rings. The number of cyclic esters (lactones) is 2. The third kappa shape index (κ3) is 5.19. The number of carbonyl (C=O) groups excluding carboxylic acids is 2. The molecule has 0 N–H and O–H groups in total. The first-order chi connectivity index (χ1) is 15.8. The van der Waals surface area contributed by atoms with Gasteiger partial charge in [-0.2, -0.15) is 0 Å². The summed E-state index contributed by atoms with van der Waals surface area (Å²) in [7, 11) is -1.42. The molecule has 34 heavy (non-hydrogen) atoms. The number of halogens is 1. The summed E-state index contributed by atoms with van der Waals surface area (Å²) in [4.78, 5) is 35.0. The van der Waals surface area contributed by atoms with E-state index in [0.717, 1.165) is 29.0 Å². The molecule has 0 saturated carbocycles. The topological polar surface area (TPSA) is 108 Å². The molecule has 0 unspecified atom stereocenters. The van der Waals surface area contributed by atoms with Gasteiger partial charge in [0, 0.05) is 11.1 Å². The molecule has 9 nitrogen and oxygen atoms in total. The van der Waals surface area contributed by atoms with Gasteiger partial charge in [-0.1, -0.05) is 26.8 Å². The van der Waals surface area contributed by atoms with Crippen molar-refractivity contribution in [2.75, 3.05) is 5.01 Å². The number of anilines is 1. The highest BCUT2D eigenvalue weighted by molar-refractivity contribution is 6.49. The molecular weight excluding hydrogens is 463 g/mol. The quantitative estimate of drug-likeness (QED) is 0.195. The molecule has 0 aliphatic carbocycles. The van der Waals surface area contributed by atoms with E-state index in [1.54, 1.807) is 12.1 Å². The van der Waals surface area contributed by atoms with Crippen molar-refractivity contribution in [2.45, 2.75) is 59.0 Å². The Bertz CT molecular complexity index is 1130. The van der Waals surface area contributed by atoms with Gasteiger partial charge in [-0.15, -0.1) is 0 Å². The maximum Gasteiger partial charge on any atom is 0.388 e. The van der Waals surface area contributed by atoms with Gasteiger partial charge in [-0.25, -0.2) is 14.5 Å². The van der Waals surface area contributed by atoms with Crippen LogP contribution in [0.1, 0.15) is 38.3 Å². The van der Waals surface area contributed by atoms with Crippen molar-refractivity contribution in [1.29, 1.82) is 0 Å². The van der Waals surface area contributed by atoms with Crippen LogP contribution in [0, 0.1) is 22.9 Å². The van der Waals surface area contributed by atoms with Gasteiger partial charge in [0.1, 0.15) is 23.7 Å². The lowest BCUT2D eigenvalue weighted by molar-refractivity contribution is -0.519. The third-order valence-electron chi connectivity index (χ3n) is 5.17. The number of esters is 2. The van der Waals surface area contributed by atoms with E-state index >= 15 is 4.39 Å². The summed E-state index contributed by atoms with van der Waals surface area (Å²) in [5.41, 5.74) is 1.89. The average Bonchev–Trinajstić information content (AvgIpc) is 2.67. The van der Waals surface area contributed by atoms with E-state index in [0.29, 0.717) is 10.6 Å². The van der Waals surface area contributed by atoms with E-state index in [2.05, 4.69) is 13.1 Å². The predicted molar refractivity (Wildman–Crippen MR) is 125 cm³/mol. The molecule has 1 saturated heterocycles. The number of rotatable bonds is 6. The first kappa shape index (κ1) is 25.2. The summed E-state index contributed by atoms with van der Waals surface area (Å²) < 4.78 is 30.8. The smallest absolute Gasteiger partial charge is 0.388 e. The molecule has 0 radical (unpaired) electrons. The van der Waals surface area contributed by atoms with Crippen molar-refractivity contribution < 1.29 is 32.9 Å². The first-order valence-corrected chi connectivity index (χ1v) is 13.5. The highest BCUT2D eigenvalue weighted by atomic mass is 28.3. The van der Waals surface area contributed by atoms with E-state index in [9.17, 15) is 19.7 Å². The summed E-state index contributed by atoms with van der Waals surface area (Å²) in [5, 5.41) is 11.3. The van der Waals surface area contributed by atoms with Crippen molar-refractivity contribution in [3.63, 3.8) is 0 Å². The summed E-state index contributed by atoms with van der Waals surface area (Å²) in [6.07, 6.45) is -2.54. The van der Waals surface area contributed by atoms with E-state index in [4.69, 9.17) is 13.9 Å². The van der Waals surface area contributed by atoms with Crippen molar-refractivity contribution in [1.82, 2.24) is 0 Å². The van der Waals surface area contributed by atoms with Crippen LogP contribution in [-0.2, 0) is 24.5 Å². The lowest BCUT2D eigenvalue weighted by Crippen LogP contribution is -2.48. The summed E-state index contributed by atoms with van der Waals surface area (Å²) in [6, 6.07) is 7.00. The number of carbonyl (C=O) groups is 2. The second-order valence-electron chi connectivity index (χ2n) is 9.24. The molecule has 3 rings (SSSR count). The lowest BCUT2D eigenvalue weighted by Gasteiger charge is -2.28. The van der Waals surface area contributed by atoms with Crippen LogP contribution in [0.2, 0.25) is 13.1 Å². The average molecular weight is 491 g/mol. The molecule has 182 valence electrons. The highest BCUT2D eigenvalue weighted by Gasteiger charge is 2.40. The predicted octanol–water partition coefficient (Wildman–Crippen LogP) is 4.23. The Morgan fingerprint density at radius 3 is 2.26 bits per heavy atom. The third-order valence-corrected chi connectivity index (χ3v) is 5.90. The molecule has 1 fully saturated rings. The number of ether oxygens (including phenoxy) is 2. The Balaban J connectivity index is 2.14. The molecule has 0 spiro atoms. The van der Waals surface area contributed by atoms with Gasteiger partial charge >= 0.3 is 18.4 Å². The van der Waals surface area contributed by atoms with Crippen LogP contribution in [-0.4, -0.2) is 32.4 Å². The second kappa shape index (κ2) is 9.41. The van der Waals surface area contributed by atoms with Crippen LogP contribution >= 0.6 is 0 Å². The normalized spacial score (nSPS) is 14.6. The molecular formula is C23H27FN2O7Si. The van der Waals surface area contributed by atoms with Crippen LogP contribution in [0.15, 0.2) is 30.3 Å². The Kier molecular flexibility index (Phi) is 6.96. The van der Waals surface area contributed by atoms with E-state index in [1.165, 1.54) is 6.07 Å². The summed E-state index contributed by atoms with van der Waals surface area (Å²) in [5.74, 6) is -1.77. The van der Waals surface area contributed by atoms with Crippen LogP contribution in [0.4, 0.5) is 10.1 Å². The zero-order chi connectivity index (χ0) is 25.4. The first-order valence-electron chi connectivity index (χ1n) is 10.7. The van der Waals surface area contributed by atoms with Gasteiger partial charge in [-0.3, -0.25) is 9.59 Å². The van der Waals surface area contributed by atoms with E-state index in [1.807, 2.05) is 27.7 Å². The Labute approximate surface area is 198 Å². The SMILES string of the molecule is Cc1c(-c2cc(N(C3OC(=O)CC(=O)O3)[N+](=O)[O-])ccc2F)ccc(O[SiH](C)C)c1C(C)(C)C. The van der Waals surface area contributed by atoms with Gasteiger partial charge in [0.25, 0.3) is 0 Å². The molecule has 0 aromatic heterocycles. The van der Waals surface area contributed by atoms with Gasteiger partial charge in [0.05, 0.1) is 0 Å². The van der Waals surface area contributed by atoms with Gasteiger partial charge in [0.15, 0.2) is 5.03 Å². The Hall–Kier alpha value is -3.47. The number of hydrazine groups is 1. The molecule has 1 heterocycles. The molecule has 11 heteroatoms. The van der Waals surface area contributed by atoms with E-state index in [-0.39, 0.29) is 16.7 Å². The van der Waals surface area contributed by atoms with Crippen LogP contribution in [0.3, 0.4) is 0 Å². The van der Waals surface area contributed by atoms with Crippen LogP contribution in [0.25, 0.3) is 11.1 Å². The minimum Gasteiger partial charge on any atom is -0.547 e. The maximum atomic E-state index is 15.0. The minimum absolute atomic E-state index is 0.106. The monoisotopic (exact) mass is 490 g/mol. The summed E-state index contributed by atoms with van der Waals surface area (Å²) >= 11 is 0. The van der Waals surface area contributed by atoms with Crippen molar-refractivity contribution in [3.8, 4) is 16.9 Å². The Morgan fingerprint density at radius 1 is 1.12 bits per heavy atom.